The highest BCUT2D eigenvalue weighted by atomic mass is 19.3. The zero-order valence-electron chi connectivity index (χ0n) is 12.1. The Kier molecular flexibility index (Phi) is 5.49. The predicted molar refractivity (Wildman–Crippen MR) is 78.5 cm³/mol. The van der Waals surface area contributed by atoms with E-state index in [-0.39, 0.29) is 18.3 Å². The summed E-state index contributed by atoms with van der Waals surface area (Å²) in [5.41, 5.74) is 0.192. The molecule has 4 nitrogen and oxygen atoms in total. The maximum Gasteiger partial charge on any atom is 0.387 e. The average molecular weight is 311 g/mol. The first-order valence-electron chi connectivity index (χ1n) is 7.19. The van der Waals surface area contributed by atoms with Gasteiger partial charge in [0.1, 0.15) is 5.75 Å². The van der Waals surface area contributed by atoms with Crippen LogP contribution < -0.4 is 10.1 Å². The van der Waals surface area contributed by atoms with Crippen molar-refractivity contribution < 1.29 is 23.4 Å². The number of alkyl halides is 2. The first-order chi connectivity index (χ1) is 10.5. The van der Waals surface area contributed by atoms with Gasteiger partial charge in [0.25, 0.3) is 0 Å². The van der Waals surface area contributed by atoms with Gasteiger partial charge < -0.3 is 15.2 Å². The lowest BCUT2D eigenvalue weighted by molar-refractivity contribution is -0.118. The molecule has 1 fully saturated rings. The Morgan fingerprint density at radius 3 is 2.50 bits per heavy atom. The number of hydrogen-bond acceptors (Lipinski definition) is 3. The van der Waals surface area contributed by atoms with E-state index in [1.54, 1.807) is 18.2 Å². The Bertz CT molecular complexity index is 523. The van der Waals surface area contributed by atoms with Crippen LogP contribution in [0.4, 0.5) is 8.78 Å². The fourth-order valence-electron chi connectivity index (χ4n) is 2.61. The number of aliphatic hydroxyl groups excluding tert-OH is 1. The molecule has 0 atom stereocenters. The topological polar surface area (TPSA) is 58.6 Å². The normalized spacial score (nSPS) is 17.1. The largest absolute Gasteiger partial charge is 0.435 e. The maximum atomic E-state index is 12.0. The molecule has 2 N–H and O–H groups in total. The fourth-order valence-corrected chi connectivity index (χ4v) is 2.61. The standard InChI is InChI=1S/C16H19F2NO3/c17-15(18)22-13-6-3-12(4-7-13)5-8-14(21)19-16(11-20)9-1-2-10-16/h3-8,15,20H,1-2,9-11H2,(H,19,21)/b8-5+. The number of carbonyl (C=O) groups excluding carboxylic acids is 1. The van der Waals surface area contributed by atoms with Crippen molar-refractivity contribution in [2.24, 2.45) is 0 Å². The molecule has 1 aliphatic carbocycles. The summed E-state index contributed by atoms with van der Waals surface area (Å²) in [6.45, 7) is -2.92. The molecule has 1 saturated carbocycles. The van der Waals surface area contributed by atoms with Gasteiger partial charge in [-0.3, -0.25) is 4.79 Å². The third-order valence-corrected chi connectivity index (χ3v) is 3.78. The van der Waals surface area contributed by atoms with Crippen LogP contribution in [-0.2, 0) is 4.79 Å². The number of aliphatic hydroxyl groups is 1. The highest BCUT2D eigenvalue weighted by Gasteiger charge is 2.33. The van der Waals surface area contributed by atoms with E-state index in [1.807, 2.05) is 0 Å². The average Bonchev–Trinajstić information content (AvgIpc) is 2.95. The summed E-state index contributed by atoms with van der Waals surface area (Å²) in [5, 5.41) is 12.3. The molecule has 22 heavy (non-hydrogen) atoms. The number of nitrogens with one attached hydrogen (secondary N) is 1. The van der Waals surface area contributed by atoms with Crippen LogP contribution in [0.1, 0.15) is 31.2 Å². The summed E-state index contributed by atoms with van der Waals surface area (Å²) in [4.78, 5) is 11.9. The first kappa shape index (κ1) is 16.4. The Balaban J connectivity index is 1.92. The monoisotopic (exact) mass is 311 g/mol. The number of halogens is 2. The van der Waals surface area contributed by atoms with Crippen molar-refractivity contribution in [2.75, 3.05) is 6.61 Å². The summed E-state index contributed by atoms with van der Waals surface area (Å²) in [6.07, 6.45) is 6.51. The second-order valence-electron chi connectivity index (χ2n) is 5.42. The molecule has 0 aromatic heterocycles. The molecule has 0 saturated heterocycles. The van der Waals surface area contributed by atoms with Gasteiger partial charge in [0.05, 0.1) is 12.1 Å². The molecule has 0 unspecified atom stereocenters. The lowest BCUT2D eigenvalue weighted by atomic mass is 9.99. The van der Waals surface area contributed by atoms with E-state index in [1.165, 1.54) is 18.2 Å². The summed E-state index contributed by atoms with van der Waals surface area (Å²) >= 11 is 0. The lowest BCUT2D eigenvalue weighted by Crippen LogP contribution is -2.48. The molecule has 0 aliphatic heterocycles. The highest BCUT2D eigenvalue weighted by molar-refractivity contribution is 5.92. The Morgan fingerprint density at radius 1 is 1.32 bits per heavy atom. The van der Waals surface area contributed by atoms with E-state index >= 15 is 0 Å². The summed E-state index contributed by atoms with van der Waals surface area (Å²) in [5.74, 6) is -0.203. The van der Waals surface area contributed by atoms with Gasteiger partial charge in [-0.05, 0) is 36.6 Å². The first-order valence-corrected chi connectivity index (χ1v) is 7.19. The summed E-state index contributed by atoms with van der Waals surface area (Å²) in [6, 6.07) is 5.99. The minimum absolute atomic E-state index is 0.0632. The Morgan fingerprint density at radius 2 is 1.95 bits per heavy atom. The van der Waals surface area contributed by atoms with Crippen LogP contribution >= 0.6 is 0 Å². The van der Waals surface area contributed by atoms with Crippen molar-refractivity contribution in [3.63, 3.8) is 0 Å². The zero-order valence-corrected chi connectivity index (χ0v) is 12.1. The second-order valence-corrected chi connectivity index (χ2v) is 5.42. The van der Waals surface area contributed by atoms with Crippen LogP contribution in [0.5, 0.6) is 5.75 Å². The number of rotatable bonds is 6. The van der Waals surface area contributed by atoms with Crippen molar-refractivity contribution in [3.05, 3.63) is 35.9 Å². The molecular formula is C16H19F2NO3. The van der Waals surface area contributed by atoms with E-state index in [9.17, 15) is 18.7 Å². The van der Waals surface area contributed by atoms with Gasteiger partial charge in [-0.25, -0.2) is 0 Å². The third kappa shape index (κ3) is 4.53. The van der Waals surface area contributed by atoms with Crippen LogP contribution in [0.3, 0.4) is 0 Å². The number of hydrogen-bond donors (Lipinski definition) is 2. The van der Waals surface area contributed by atoms with Crippen molar-refractivity contribution in [1.82, 2.24) is 5.32 Å². The van der Waals surface area contributed by atoms with Crippen LogP contribution in [0, 0.1) is 0 Å². The van der Waals surface area contributed by atoms with E-state index in [4.69, 9.17) is 0 Å². The van der Waals surface area contributed by atoms with Crippen molar-refractivity contribution in [1.29, 1.82) is 0 Å². The molecule has 2 rings (SSSR count). The van der Waals surface area contributed by atoms with Crippen molar-refractivity contribution in [3.8, 4) is 5.75 Å². The predicted octanol–water partition coefficient (Wildman–Crippen LogP) is 2.72. The van der Waals surface area contributed by atoms with Gasteiger partial charge in [-0.2, -0.15) is 8.78 Å². The van der Waals surface area contributed by atoms with Gasteiger partial charge in [0, 0.05) is 6.08 Å². The molecule has 1 aromatic carbocycles. The van der Waals surface area contributed by atoms with E-state index < -0.39 is 12.2 Å². The van der Waals surface area contributed by atoms with E-state index in [0.717, 1.165) is 25.7 Å². The maximum absolute atomic E-state index is 12.0. The summed E-state index contributed by atoms with van der Waals surface area (Å²) < 4.78 is 28.3. The van der Waals surface area contributed by atoms with Gasteiger partial charge in [0.2, 0.25) is 5.91 Å². The van der Waals surface area contributed by atoms with Gasteiger partial charge in [-0.1, -0.05) is 25.0 Å². The molecule has 0 radical (unpaired) electrons. The van der Waals surface area contributed by atoms with Gasteiger partial charge >= 0.3 is 6.61 Å². The number of ether oxygens (including phenoxy) is 1. The number of amides is 1. The minimum atomic E-state index is -2.85. The third-order valence-electron chi connectivity index (χ3n) is 3.78. The van der Waals surface area contributed by atoms with Crippen LogP contribution in [0.2, 0.25) is 0 Å². The summed E-state index contributed by atoms with van der Waals surface area (Å²) in [7, 11) is 0. The Hall–Kier alpha value is -1.95. The SMILES string of the molecule is O=C(/C=C/c1ccc(OC(F)F)cc1)NC1(CO)CCCC1. The molecule has 1 aromatic rings. The van der Waals surface area contributed by atoms with Crippen LogP contribution in [0.25, 0.3) is 6.08 Å². The molecule has 6 heteroatoms. The van der Waals surface area contributed by atoms with Gasteiger partial charge in [-0.15, -0.1) is 0 Å². The quantitative estimate of drug-likeness (QED) is 0.794. The van der Waals surface area contributed by atoms with E-state index in [0.29, 0.717) is 5.56 Å². The molecule has 1 amide bonds. The fraction of sp³-hybridized carbons (Fsp3) is 0.438. The van der Waals surface area contributed by atoms with Crippen molar-refractivity contribution in [2.45, 2.75) is 37.8 Å². The van der Waals surface area contributed by atoms with Crippen molar-refractivity contribution >= 4 is 12.0 Å². The van der Waals surface area contributed by atoms with Crippen LogP contribution in [-0.4, -0.2) is 29.8 Å². The van der Waals surface area contributed by atoms with Crippen LogP contribution in [0.15, 0.2) is 30.3 Å². The Labute approximate surface area is 127 Å². The minimum Gasteiger partial charge on any atom is -0.435 e. The molecule has 120 valence electrons. The molecule has 0 spiro atoms. The second kappa shape index (κ2) is 7.35. The number of benzene rings is 1. The highest BCUT2D eigenvalue weighted by Crippen LogP contribution is 2.29. The van der Waals surface area contributed by atoms with Gasteiger partial charge in [0.15, 0.2) is 0 Å². The molecule has 1 aliphatic rings. The molecular weight excluding hydrogens is 292 g/mol. The lowest BCUT2D eigenvalue weighted by Gasteiger charge is -2.27. The smallest absolute Gasteiger partial charge is 0.387 e. The van der Waals surface area contributed by atoms with E-state index in [2.05, 4.69) is 10.1 Å². The number of carbonyl (C=O) groups is 1. The molecule has 0 heterocycles. The molecule has 0 bridgehead atoms. The zero-order chi connectivity index (χ0) is 16.0.